The summed E-state index contributed by atoms with van der Waals surface area (Å²) in [6.07, 6.45) is 1.80. The van der Waals surface area contributed by atoms with Gasteiger partial charge in [-0.3, -0.25) is 10.1 Å². The van der Waals surface area contributed by atoms with Crippen LogP contribution in [0, 0.1) is 10.1 Å². The Hall–Kier alpha value is -2.26. The third-order valence-electron chi connectivity index (χ3n) is 3.50. The minimum absolute atomic E-state index is 0.0813. The summed E-state index contributed by atoms with van der Waals surface area (Å²) < 4.78 is 34.4. The molecule has 0 aliphatic carbocycles. The van der Waals surface area contributed by atoms with E-state index >= 15 is 0 Å². The van der Waals surface area contributed by atoms with Gasteiger partial charge in [-0.2, -0.15) is 0 Å². The van der Waals surface area contributed by atoms with Crippen molar-refractivity contribution < 1.29 is 22.8 Å². The van der Waals surface area contributed by atoms with Gasteiger partial charge < -0.3 is 9.47 Å². The van der Waals surface area contributed by atoms with E-state index in [1.165, 1.54) is 23.9 Å². The third-order valence-corrected chi connectivity index (χ3v) is 5.67. The number of nitro groups is 1. The first-order valence-electron chi connectivity index (χ1n) is 7.40. The maximum atomic E-state index is 11.6. The molecule has 0 N–H and O–H groups in total. The van der Waals surface area contributed by atoms with Crippen LogP contribution in [0.1, 0.15) is 6.42 Å². The molecular weight excluding hydrogens is 366 g/mol. The Morgan fingerprint density at radius 2 is 1.80 bits per heavy atom. The van der Waals surface area contributed by atoms with Gasteiger partial charge >= 0.3 is 0 Å². The quantitative estimate of drug-likeness (QED) is 0.592. The minimum Gasteiger partial charge on any atom is -0.490 e. The molecule has 1 aliphatic heterocycles. The molecule has 9 heteroatoms. The average molecular weight is 381 g/mol. The second kappa shape index (κ2) is 6.93. The molecule has 0 saturated carbocycles. The molecule has 1 aliphatic rings. The second-order valence-corrected chi connectivity index (χ2v) is 8.55. The molecule has 0 unspecified atom stereocenters. The van der Waals surface area contributed by atoms with Crippen molar-refractivity contribution in [3.8, 4) is 11.5 Å². The highest BCUT2D eigenvalue weighted by Gasteiger charge is 2.20. The van der Waals surface area contributed by atoms with Crippen molar-refractivity contribution in [1.29, 1.82) is 0 Å². The van der Waals surface area contributed by atoms with Crippen LogP contribution in [0.25, 0.3) is 0 Å². The van der Waals surface area contributed by atoms with E-state index < -0.39 is 14.8 Å². The Balaban J connectivity index is 1.95. The Bertz CT molecular complexity index is 926. The lowest BCUT2D eigenvalue weighted by molar-refractivity contribution is -0.388. The molecule has 7 nitrogen and oxygen atoms in total. The summed E-state index contributed by atoms with van der Waals surface area (Å²) in [5.74, 6) is 1.24. The first kappa shape index (κ1) is 17.6. The summed E-state index contributed by atoms with van der Waals surface area (Å²) >= 11 is 1.17. The number of benzene rings is 2. The van der Waals surface area contributed by atoms with Gasteiger partial charge in [-0.05, 0) is 30.3 Å². The first-order chi connectivity index (χ1) is 11.8. The molecule has 0 amide bonds. The summed E-state index contributed by atoms with van der Waals surface area (Å²) in [6, 6.07) is 9.21. The molecule has 25 heavy (non-hydrogen) atoms. The minimum atomic E-state index is -3.51. The molecule has 0 aromatic heterocycles. The fourth-order valence-corrected chi connectivity index (χ4v) is 3.86. The van der Waals surface area contributed by atoms with E-state index in [2.05, 4.69) is 0 Å². The summed E-state index contributed by atoms with van der Waals surface area (Å²) in [5, 5.41) is 11.3. The van der Waals surface area contributed by atoms with Crippen LogP contribution in [-0.2, 0) is 9.84 Å². The van der Waals surface area contributed by atoms with Crippen molar-refractivity contribution in [2.24, 2.45) is 0 Å². The molecule has 2 aromatic rings. The molecule has 0 bridgehead atoms. The number of fused-ring (bicyclic) bond motifs is 1. The van der Waals surface area contributed by atoms with Crippen molar-refractivity contribution in [1.82, 2.24) is 0 Å². The molecule has 0 atom stereocenters. The molecule has 0 fully saturated rings. The summed E-state index contributed by atoms with van der Waals surface area (Å²) in [7, 11) is -3.51. The van der Waals surface area contributed by atoms with Crippen LogP contribution in [0.5, 0.6) is 11.5 Å². The third kappa shape index (κ3) is 4.05. The van der Waals surface area contributed by atoms with E-state index in [1.54, 1.807) is 18.2 Å². The van der Waals surface area contributed by atoms with Crippen LogP contribution >= 0.6 is 11.8 Å². The van der Waals surface area contributed by atoms with E-state index in [0.29, 0.717) is 29.6 Å². The Kier molecular flexibility index (Phi) is 4.87. The second-order valence-electron chi connectivity index (χ2n) is 5.42. The molecule has 1 heterocycles. The highest BCUT2D eigenvalue weighted by molar-refractivity contribution is 7.99. The number of nitrogens with zero attached hydrogens (tertiary/aromatic N) is 1. The maximum absolute atomic E-state index is 11.6. The van der Waals surface area contributed by atoms with Gasteiger partial charge in [-0.1, -0.05) is 11.8 Å². The van der Waals surface area contributed by atoms with Gasteiger partial charge in [0, 0.05) is 23.6 Å². The van der Waals surface area contributed by atoms with Gasteiger partial charge in [0.15, 0.2) is 21.3 Å². The Morgan fingerprint density at radius 1 is 1.08 bits per heavy atom. The number of hydrogen-bond acceptors (Lipinski definition) is 7. The van der Waals surface area contributed by atoms with E-state index in [9.17, 15) is 18.5 Å². The molecule has 0 spiro atoms. The zero-order valence-electron chi connectivity index (χ0n) is 13.3. The standard InChI is InChI=1S/C16H15NO6S2/c1-25(20,21)12-4-6-16(13(10-12)17(18)19)24-11-3-5-14-15(9-11)23-8-2-7-22-14/h3-6,9-10H,2,7-8H2,1H3. The van der Waals surface area contributed by atoms with Gasteiger partial charge in [-0.15, -0.1) is 0 Å². The predicted molar refractivity (Wildman–Crippen MR) is 92.4 cm³/mol. The smallest absolute Gasteiger partial charge is 0.284 e. The highest BCUT2D eigenvalue weighted by atomic mass is 32.2. The summed E-state index contributed by atoms with van der Waals surface area (Å²) in [5.41, 5.74) is -0.250. The van der Waals surface area contributed by atoms with Gasteiger partial charge in [0.1, 0.15) is 0 Å². The van der Waals surface area contributed by atoms with Crippen LogP contribution in [0.2, 0.25) is 0 Å². The van der Waals surface area contributed by atoms with Crippen molar-refractivity contribution in [3.63, 3.8) is 0 Å². The SMILES string of the molecule is CS(=O)(=O)c1ccc(Sc2ccc3c(c2)OCCCO3)c([N+](=O)[O-])c1. The number of nitro benzene ring substituents is 1. The molecule has 2 aromatic carbocycles. The number of hydrogen-bond donors (Lipinski definition) is 0. The monoisotopic (exact) mass is 381 g/mol. The fourth-order valence-electron chi connectivity index (χ4n) is 2.29. The van der Waals surface area contributed by atoms with Crippen LogP contribution in [0.4, 0.5) is 5.69 Å². The van der Waals surface area contributed by atoms with Gasteiger partial charge in [-0.25, -0.2) is 8.42 Å². The van der Waals surface area contributed by atoms with Crippen molar-refractivity contribution in [2.75, 3.05) is 19.5 Å². The molecule has 3 rings (SSSR count). The van der Waals surface area contributed by atoms with Crippen LogP contribution in [0.15, 0.2) is 51.1 Å². The van der Waals surface area contributed by atoms with E-state index in [1.807, 2.05) is 0 Å². The van der Waals surface area contributed by atoms with Crippen LogP contribution < -0.4 is 9.47 Å². The largest absolute Gasteiger partial charge is 0.490 e. The fraction of sp³-hybridized carbons (Fsp3) is 0.250. The zero-order valence-corrected chi connectivity index (χ0v) is 14.9. The number of sulfone groups is 1. The highest BCUT2D eigenvalue weighted by Crippen LogP contribution is 2.40. The van der Waals surface area contributed by atoms with E-state index in [0.717, 1.165) is 23.6 Å². The van der Waals surface area contributed by atoms with Gasteiger partial charge in [0.25, 0.3) is 5.69 Å². The number of ether oxygens (including phenoxy) is 2. The van der Waals surface area contributed by atoms with Crippen molar-refractivity contribution in [2.45, 2.75) is 21.1 Å². The molecule has 132 valence electrons. The van der Waals surface area contributed by atoms with Crippen LogP contribution in [0.3, 0.4) is 0 Å². The Labute approximate surface area is 149 Å². The van der Waals surface area contributed by atoms with E-state index in [4.69, 9.17) is 9.47 Å². The predicted octanol–water partition coefficient (Wildman–Crippen LogP) is 3.31. The normalized spacial score (nSPS) is 14.0. The average Bonchev–Trinajstić information content (AvgIpc) is 2.78. The first-order valence-corrected chi connectivity index (χ1v) is 10.1. The maximum Gasteiger partial charge on any atom is 0.284 e. The lowest BCUT2D eigenvalue weighted by Crippen LogP contribution is -1.99. The molecule has 0 saturated heterocycles. The zero-order chi connectivity index (χ0) is 18.0. The van der Waals surface area contributed by atoms with Gasteiger partial charge in [0.2, 0.25) is 0 Å². The lowest BCUT2D eigenvalue weighted by Gasteiger charge is -2.09. The molecule has 0 radical (unpaired) electrons. The van der Waals surface area contributed by atoms with Crippen molar-refractivity contribution >= 4 is 27.3 Å². The molecular formula is C16H15NO6S2. The van der Waals surface area contributed by atoms with Crippen LogP contribution in [-0.4, -0.2) is 32.8 Å². The van der Waals surface area contributed by atoms with Gasteiger partial charge in [0.05, 0.1) is 27.9 Å². The number of rotatable bonds is 4. The topological polar surface area (TPSA) is 95.7 Å². The summed E-state index contributed by atoms with van der Waals surface area (Å²) in [6.45, 7) is 1.13. The lowest BCUT2D eigenvalue weighted by atomic mass is 10.3. The van der Waals surface area contributed by atoms with E-state index in [-0.39, 0.29) is 10.6 Å². The Morgan fingerprint density at radius 3 is 2.48 bits per heavy atom. The summed E-state index contributed by atoms with van der Waals surface area (Å²) in [4.78, 5) is 11.7. The van der Waals surface area contributed by atoms with Crippen molar-refractivity contribution in [3.05, 3.63) is 46.5 Å².